The molecule has 0 unspecified atom stereocenters. The van der Waals surface area contributed by atoms with Gasteiger partial charge in [-0.1, -0.05) is 23.7 Å². The second-order valence-corrected chi connectivity index (χ2v) is 7.54. The van der Waals surface area contributed by atoms with E-state index in [4.69, 9.17) is 11.6 Å². The van der Waals surface area contributed by atoms with Crippen LogP contribution in [0.15, 0.2) is 53.3 Å². The minimum atomic E-state index is -4.51. The van der Waals surface area contributed by atoms with Crippen molar-refractivity contribution in [1.29, 1.82) is 0 Å². The van der Waals surface area contributed by atoms with E-state index >= 15 is 0 Å². The largest absolute Gasteiger partial charge is 0.416 e. The van der Waals surface area contributed by atoms with Crippen molar-refractivity contribution in [3.05, 3.63) is 81.1 Å². The molecule has 0 aliphatic carbocycles. The average molecular weight is 480 g/mol. The molecule has 0 aliphatic rings. The minimum Gasteiger partial charge on any atom is -0.322 e. The van der Waals surface area contributed by atoms with Gasteiger partial charge >= 0.3 is 11.9 Å². The molecular weight excluding hydrogens is 466 g/mol. The quantitative estimate of drug-likeness (QED) is 0.442. The summed E-state index contributed by atoms with van der Waals surface area (Å²) in [5.41, 5.74) is -0.839. The van der Waals surface area contributed by atoms with Crippen LogP contribution < -0.4 is 11.0 Å². The zero-order valence-corrected chi connectivity index (χ0v) is 17.6. The Morgan fingerprint density at radius 1 is 1.12 bits per heavy atom. The van der Waals surface area contributed by atoms with Crippen LogP contribution in [-0.4, -0.2) is 25.1 Å². The van der Waals surface area contributed by atoms with Gasteiger partial charge in [0.25, 0.3) is 0 Å². The summed E-state index contributed by atoms with van der Waals surface area (Å²) in [5, 5.41) is 6.59. The molecule has 0 saturated heterocycles. The molecule has 0 bridgehead atoms. The molecule has 2 heterocycles. The molecule has 0 fully saturated rings. The maximum atomic E-state index is 13.9. The van der Waals surface area contributed by atoms with Gasteiger partial charge in [0.1, 0.15) is 18.2 Å². The van der Waals surface area contributed by atoms with E-state index in [2.05, 4.69) is 15.4 Å². The third kappa shape index (κ3) is 4.58. The van der Waals surface area contributed by atoms with Crippen LogP contribution >= 0.6 is 11.6 Å². The fraction of sp³-hybridized carbons (Fsp3) is 0.143. The Morgan fingerprint density at radius 3 is 2.45 bits per heavy atom. The molecule has 33 heavy (non-hydrogen) atoms. The second-order valence-electron chi connectivity index (χ2n) is 7.10. The van der Waals surface area contributed by atoms with E-state index in [1.807, 2.05) is 0 Å². The first kappa shape index (κ1) is 22.5. The number of amides is 1. The SMILES string of the molecule is Cc1cc2nn(CC(=O)Nc3ccc(Cl)cc3F)c(=O)n2c(-c2ccc(C(F)(F)F)cc2)n1. The molecule has 2 aromatic heterocycles. The van der Waals surface area contributed by atoms with Gasteiger partial charge in [-0.15, -0.1) is 5.10 Å². The molecule has 4 aromatic rings. The third-order valence-corrected chi connectivity index (χ3v) is 4.90. The number of nitrogens with one attached hydrogen (secondary N) is 1. The van der Waals surface area contributed by atoms with Gasteiger partial charge in [-0.3, -0.25) is 4.79 Å². The number of hydrogen-bond acceptors (Lipinski definition) is 4. The highest BCUT2D eigenvalue weighted by atomic mass is 35.5. The Hall–Kier alpha value is -3.73. The van der Waals surface area contributed by atoms with E-state index in [1.165, 1.54) is 30.3 Å². The van der Waals surface area contributed by atoms with Crippen LogP contribution in [0.25, 0.3) is 17.0 Å². The summed E-state index contributed by atoms with van der Waals surface area (Å²) >= 11 is 5.69. The number of anilines is 1. The standard InChI is InChI=1S/C21H14ClF4N5O2/c1-11-8-17-29-30(10-18(32)28-16-7-6-14(22)9-15(16)23)20(33)31(17)19(27-11)12-2-4-13(5-3-12)21(24,25)26/h2-9H,10H2,1H3,(H,28,32). The highest BCUT2D eigenvalue weighted by molar-refractivity contribution is 6.30. The van der Waals surface area contributed by atoms with Crippen LogP contribution in [-0.2, 0) is 17.5 Å². The molecule has 12 heteroatoms. The fourth-order valence-corrected chi connectivity index (χ4v) is 3.33. The van der Waals surface area contributed by atoms with Crippen LogP contribution in [0.3, 0.4) is 0 Å². The summed E-state index contributed by atoms with van der Waals surface area (Å²) in [5.74, 6) is -1.40. The predicted octanol–water partition coefficient (Wildman–Crippen LogP) is 4.32. The summed E-state index contributed by atoms with van der Waals surface area (Å²) in [6.07, 6.45) is -4.51. The zero-order chi connectivity index (χ0) is 23.9. The van der Waals surface area contributed by atoms with Crippen molar-refractivity contribution in [2.45, 2.75) is 19.6 Å². The fourth-order valence-electron chi connectivity index (χ4n) is 3.17. The zero-order valence-electron chi connectivity index (χ0n) is 16.8. The number of carbonyl (C=O) groups is 1. The summed E-state index contributed by atoms with van der Waals surface area (Å²) in [6, 6.07) is 9.35. The number of benzene rings is 2. The Morgan fingerprint density at radius 2 is 1.82 bits per heavy atom. The molecule has 7 nitrogen and oxygen atoms in total. The number of aryl methyl sites for hydroxylation is 1. The van der Waals surface area contributed by atoms with Gasteiger partial charge in [0.05, 0.1) is 11.3 Å². The first-order valence-corrected chi connectivity index (χ1v) is 9.80. The van der Waals surface area contributed by atoms with Gasteiger partial charge in [0.15, 0.2) is 5.65 Å². The first-order chi connectivity index (χ1) is 15.5. The van der Waals surface area contributed by atoms with Crippen LogP contribution in [0.4, 0.5) is 23.2 Å². The average Bonchev–Trinajstić information content (AvgIpc) is 3.04. The Balaban J connectivity index is 1.69. The first-order valence-electron chi connectivity index (χ1n) is 9.42. The number of rotatable bonds is 4. The summed E-state index contributed by atoms with van der Waals surface area (Å²) < 4.78 is 54.5. The number of nitrogens with zero attached hydrogens (tertiary/aromatic N) is 4. The van der Waals surface area contributed by atoms with Crippen LogP contribution in [0, 0.1) is 12.7 Å². The van der Waals surface area contributed by atoms with E-state index < -0.39 is 35.7 Å². The van der Waals surface area contributed by atoms with Crippen LogP contribution in [0.5, 0.6) is 0 Å². The topological polar surface area (TPSA) is 81.3 Å². The van der Waals surface area contributed by atoms with Crippen LogP contribution in [0.2, 0.25) is 5.02 Å². The van der Waals surface area contributed by atoms with Crippen molar-refractivity contribution in [2.75, 3.05) is 5.32 Å². The molecule has 2 aromatic carbocycles. The maximum absolute atomic E-state index is 13.9. The van der Waals surface area contributed by atoms with Gasteiger partial charge in [-0.25, -0.2) is 23.3 Å². The molecule has 0 spiro atoms. The number of alkyl halides is 3. The van der Waals surface area contributed by atoms with E-state index in [-0.39, 0.29) is 27.7 Å². The second kappa shape index (κ2) is 8.32. The monoisotopic (exact) mass is 479 g/mol. The van der Waals surface area contributed by atoms with Gasteiger partial charge in [0, 0.05) is 22.3 Å². The molecule has 1 N–H and O–H groups in total. The molecule has 1 amide bonds. The van der Waals surface area contributed by atoms with E-state index in [9.17, 15) is 27.2 Å². The van der Waals surface area contributed by atoms with Crippen LogP contribution in [0.1, 0.15) is 11.3 Å². The molecule has 0 atom stereocenters. The van der Waals surface area contributed by atoms with E-state index in [0.717, 1.165) is 27.3 Å². The molecule has 170 valence electrons. The lowest BCUT2D eigenvalue weighted by Gasteiger charge is -2.08. The smallest absolute Gasteiger partial charge is 0.322 e. The van der Waals surface area contributed by atoms with E-state index in [1.54, 1.807) is 6.92 Å². The number of carbonyl (C=O) groups excluding carboxylic acids is 1. The molecule has 0 saturated carbocycles. The van der Waals surface area contributed by atoms with Crippen molar-refractivity contribution in [3.63, 3.8) is 0 Å². The lowest BCUT2D eigenvalue weighted by atomic mass is 10.1. The Kier molecular flexibility index (Phi) is 5.66. The van der Waals surface area contributed by atoms with Gasteiger partial charge in [0.2, 0.25) is 5.91 Å². The Bertz CT molecular complexity index is 1430. The van der Waals surface area contributed by atoms with Gasteiger partial charge in [-0.05, 0) is 37.3 Å². The number of halogens is 5. The van der Waals surface area contributed by atoms with Crippen molar-refractivity contribution < 1.29 is 22.4 Å². The summed E-state index contributed by atoms with van der Waals surface area (Å²) in [6.45, 7) is 1.10. The van der Waals surface area contributed by atoms with Crippen molar-refractivity contribution >= 4 is 28.8 Å². The maximum Gasteiger partial charge on any atom is 0.416 e. The van der Waals surface area contributed by atoms with Gasteiger partial charge < -0.3 is 5.32 Å². The lowest BCUT2D eigenvalue weighted by molar-refractivity contribution is -0.137. The number of hydrogen-bond donors (Lipinski definition) is 1. The molecule has 4 rings (SSSR count). The normalized spacial score (nSPS) is 11.7. The van der Waals surface area contributed by atoms with Gasteiger partial charge in [-0.2, -0.15) is 13.2 Å². The van der Waals surface area contributed by atoms with Crippen molar-refractivity contribution in [2.24, 2.45) is 0 Å². The highest BCUT2D eigenvalue weighted by Gasteiger charge is 2.30. The molecular formula is C21H14ClF4N5O2. The lowest BCUT2D eigenvalue weighted by Crippen LogP contribution is -2.29. The molecule has 0 aliphatic heterocycles. The predicted molar refractivity (Wildman–Crippen MR) is 112 cm³/mol. The minimum absolute atomic E-state index is 0.0686. The summed E-state index contributed by atoms with van der Waals surface area (Å²) in [4.78, 5) is 29.6. The van der Waals surface area contributed by atoms with E-state index in [0.29, 0.717) is 5.69 Å². The number of fused-ring (bicyclic) bond motifs is 1. The third-order valence-electron chi connectivity index (χ3n) is 4.67. The highest BCUT2D eigenvalue weighted by Crippen LogP contribution is 2.30. The summed E-state index contributed by atoms with van der Waals surface area (Å²) in [7, 11) is 0. The van der Waals surface area contributed by atoms with Crippen molar-refractivity contribution in [3.8, 4) is 11.4 Å². The number of aromatic nitrogens is 4. The van der Waals surface area contributed by atoms with Crippen molar-refractivity contribution in [1.82, 2.24) is 19.2 Å². The Labute approximate surface area is 188 Å². The molecule has 0 radical (unpaired) electrons.